The maximum Gasteiger partial charge on any atom is 0.105 e. The third kappa shape index (κ3) is 1.09. The number of thiophene rings is 1. The summed E-state index contributed by atoms with van der Waals surface area (Å²) in [5.41, 5.74) is 7.28. The van der Waals surface area contributed by atoms with Gasteiger partial charge in [-0.15, -0.1) is 11.3 Å². The number of nitrogen functional groups attached to an aromatic ring is 1. The molecule has 2 N–H and O–H groups in total. The van der Waals surface area contributed by atoms with Crippen molar-refractivity contribution in [3.63, 3.8) is 0 Å². The molecule has 1 heterocycles. The molecule has 2 nitrogen and oxygen atoms in total. The Morgan fingerprint density at radius 2 is 2.29 bits per heavy atom. The highest BCUT2D eigenvalue weighted by molar-refractivity contribution is 7.23. The van der Waals surface area contributed by atoms with Gasteiger partial charge in [-0.1, -0.05) is 24.8 Å². The predicted molar refractivity (Wildman–Crippen MR) is 61.0 cm³/mol. The average Bonchev–Trinajstić information content (AvgIpc) is 2.52. The lowest BCUT2D eigenvalue weighted by molar-refractivity contribution is 1.51. The molecule has 0 fully saturated rings. The second-order valence-corrected chi connectivity index (χ2v) is 3.96. The number of hydrogen-bond acceptors (Lipinski definition) is 3. The van der Waals surface area contributed by atoms with Gasteiger partial charge in [-0.05, 0) is 11.6 Å². The van der Waals surface area contributed by atoms with Gasteiger partial charge in [0.2, 0.25) is 0 Å². The van der Waals surface area contributed by atoms with E-state index in [1.807, 2.05) is 18.2 Å². The zero-order valence-corrected chi connectivity index (χ0v) is 8.27. The zero-order chi connectivity index (χ0) is 10.1. The summed E-state index contributed by atoms with van der Waals surface area (Å²) in [4.78, 5) is 0. The Balaban J connectivity index is 2.98. The summed E-state index contributed by atoms with van der Waals surface area (Å²) in [5.74, 6) is 0. The largest absolute Gasteiger partial charge is 0.389 e. The van der Waals surface area contributed by atoms with E-state index < -0.39 is 0 Å². The second kappa shape index (κ2) is 3.17. The lowest BCUT2D eigenvalue weighted by Gasteiger charge is -1.95. The van der Waals surface area contributed by atoms with Gasteiger partial charge < -0.3 is 5.73 Å². The number of benzene rings is 1. The smallest absolute Gasteiger partial charge is 0.105 e. The van der Waals surface area contributed by atoms with Gasteiger partial charge in [-0.3, -0.25) is 0 Å². The van der Waals surface area contributed by atoms with Crippen molar-refractivity contribution >= 4 is 32.5 Å². The Bertz CT molecular complexity index is 546. The minimum Gasteiger partial charge on any atom is -0.389 e. The molecular formula is C11H8N2S. The third-order valence-electron chi connectivity index (χ3n) is 2.11. The molecule has 0 amide bonds. The van der Waals surface area contributed by atoms with E-state index in [2.05, 4.69) is 12.6 Å². The summed E-state index contributed by atoms with van der Waals surface area (Å²) in [5, 5.41) is 10.5. The Hall–Kier alpha value is -1.79. The van der Waals surface area contributed by atoms with Crippen LogP contribution < -0.4 is 5.73 Å². The summed E-state index contributed by atoms with van der Waals surface area (Å²) >= 11 is 1.44. The molecule has 0 atom stereocenters. The standard InChI is InChI=1S/C11H8N2S/c1-2-7-4-3-5-9-10(7)8(6-12)11(13)14-9/h2-5H,1,13H2. The summed E-state index contributed by atoms with van der Waals surface area (Å²) in [6.45, 7) is 3.72. The normalized spacial score (nSPS) is 9.93. The van der Waals surface area contributed by atoms with E-state index in [4.69, 9.17) is 11.0 Å². The van der Waals surface area contributed by atoms with E-state index in [1.165, 1.54) is 11.3 Å². The van der Waals surface area contributed by atoms with Crippen LogP contribution >= 0.6 is 11.3 Å². The number of nitrogens with zero attached hydrogens (tertiary/aromatic N) is 1. The van der Waals surface area contributed by atoms with E-state index in [-0.39, 0.29) is 0 Å². The Kier molecular flexibility index (Phi) is 1.99. The monoisotopic (exact) mass is 200 g/mol. The summed E-state index contributed by atoms with van der Waals surface area (Å²) in [6, 6.07) is 7.97. The van der Waals surface area contributed by atoms with Crippen molar-refractivity contribution in [2.45, 2.75) is 0 Å². The molecule has 0 radical (unpaired) electrons. The first-order valence-corrected chi connectivity index (χ1v) is 4.93. The van der Waals surface area contributed by atoms with Crippen molar-refractivity contribution in [1.29, 1.82) is 5.26 Å². The van der Waals surface area contributed by atoms with E-state index in [0.717, 1.165) is 15.6 Å². The molecule has 2 aromatic rings. The molecule has 0 aliphatic rings. The first-order valence-electron chi connectivity index (χ1n) is 4.11. The van der Waals surface area contributed by atoms with Crippen molar-refractivity contribution in [2.75, 3.05) is 5.73 Å². The van der Waals surface area contributed by atoms with E-state index in [1.54, 1.807) is 6.08 Å². The fourth-order valence-corrected chi connectivity index (χ4v) is 2.43. The molecule has 1 aromatic heterocycles. The Morgan fingerprint density at radius 3 is 2.93 bits per heavy atom. The summed E-state index contributed by atoms with van der Waals surface area (Å²) in [6.07, 6.45) is 1.75. The highest BCUT2D eigenvalue weighted by atomic mass is 32.1. The maximum absolute atomic E-state index is 8.97. The molecule has 0 saturated heterocycles. The maximum atomic E-state index is 8.97. The van der Waals surface area contributed by atoms with Crippen LogP contribution in [0, 0.1) is 11.3 Å². The molecule has 2 rings (SSSR count). The number of fused-ring (bicyclic) bond motifs is 1. The van der Waals surface area contributed by atoms with Gasteiger partial charge in [0, 0.05) is 10.1 Å². The van der Waals surface area contributed by atoms with Gasteiger partial charge in [0.1, 0.15) is 11.1 Å². The minimum atomic E-state index is 0.570. The van der Waals surface area contributed by atoms with Crippen molar-refractivity contribution in [3.05, 3.63) is 35.9 Å². The number of anilines is 1. The Morgan fingerprint density at radius 1 is 1.50 bits per heavy atom. The molecule has 0 spiro atoms. The topological polar surface area (TPSA) is 49.8 Å². The van der Waals surface area contributed by atoms with Crippen LogP contribution in [0.15, 0.2) is 24.8 Å². The molecule has 0 aliphatic heterocycles. The predicted octanol–water partition coefficient (Wildman–Crippen LogP) is 3.00. The lowest BCUT2D eigenvalue weighted by atomic mass is 10.1. The van der Waals surface area contributed by atoms with Gasteiger partial charge in [0.25, 0.3) is 0 Å². The lowest BCUT2D eigenvalue weighted by Crippen LogP contribution is -1.83. The minimum absolute atomic E-state index is 0.570. The van der Waals surface area contributed by atoms with Crippen LogP contribution in [0.3, 0.4) is 0 Å². The quantitative estimate of drug-likeness (QED) is 0.769. The van der Waals surface area contributed by atoms with Crippen LogP contribution in [0.5, 0.6) is 0 Å². The van der Waals surface area contributed by atoms with E-state index in [9.17, 15) is 0 Å². The molecule has 68 valence electrons. The van der Waals surface area contributed by atoms with E-state index in [0.29, 0.717) is 10.6 Å². The van der Waals surface area contributed by atoms with Crippen molar-refractivity contribution in [1.82, 2.24) is 0 Å². The fourth-order valence-electron chi connectivity index (χ4n) is 1.47. The summed E-state index contributed by atoms with van der Waals surface area (Å²) in [7, 11) is 0. The zero-order valence-electron chi connectivity index (χ0n) is 7.45. The third-order valence-corrected chi connectivity index (χ3v) is 3.09. The Labute approximate surface area is 85.9 Å². The van der Waals surface area contributed by atoms with Gasteiger partial charge in [-0.2, -0.15) is 5.26 Å². The highest BCUT2D eigenvalue weighted by Crippen LogP contribution is 2.35. The average molecular weight is 200 g/mol. The number of nitrogens with two attached hydrogens (primary N) is 1. The second-order valence-electron chi connectivity index (χ2n) is 2.88. The fraction of sp³-hybridized carbons (Fsp3) is 0. The van der Waals surface area contributed by atoms with Crippen molar-refractivity contribution < 1.29 is 0 Å². The first kappa shape index (κ1) is 8.79. The van der Waals surface area contributed by atoms with Crippen molar-refractivity contribution in [3.8, 4) is 6.07 Å². The van der Waals surface area contributed by atoms with Crippen LogP contribution in [0.4, 0.5) is 5.00 Å². The van der Waals surface area contributed by atoms with Crippen LogP contribution in [-0.4, -0.2) is 0 Å². The summed E-state index contributed by atoms with van der Waals surface area (Å²) < 4.78 is 1.04. The molecule has 0 bridgehead atoms. The van der Waals surface area contributed by atoms with E-state index >= 15 is 0 Å². The number of hydrogen-bond donors (Lipinski definition) is 1. The molecule has 0 unspecified atom stereocenters. The van der Waals surface area contributed by atoms with Crippen LogP contribution in [0.25, 0.3) is 16.2 Å². The number of nitriles is 1. The molecule has 3 heteroatoms. The van der Waals surface area contributed by atoms with Crippen molar-refractivity contribution in [2.24, 2.45) is 0 Å². The van der Waals surface area contributed by atoms with Gasteiger partial charge >= 0.3 is 0 Å². The molecular weight excluding hydrogens is 192 g/mol. The molecule has 0 saturated carbocycles. The van der Waals surface area contributed by atoms with Gasteiger partial charge in [0.15, 0.2) is 0 Å². The first-order chi connectivity index (χ1) is 6.77. The van der Waals surface area contributed by atoms with Crippen LogP contribution in [0.1, 0.15) is 11.1 Å². The highest BCUT2D eigenvalue weighted by Gasteiger charge is 2.10. The van der Waals surface area contributed by atoms with Gasteiger partial charge in [0.05, 0.1) is 5.56 Å². The number of rotatable bonds is 1. The molecule has 1 aromatic carbocycles. The molecule has 14 heavy (non-hydrogen) atoms. The van der Waals surface area contributed by atoms with Crippen LogP contribution in [0.2, 0.25) is 0 Å². The van der Waals surface area contributed by atoms with Crippen LogP contribution in [-0.2, 0) is 0 Å². The van der Waals surface area contributed by atoms with Gasteiger partial charge in [-0.25, -0.2) is 0 Å². The molecule has 0 aliphatic carbocycles. The SMILES string of the molecule is C=Cc1cccc2sc(N)c(C#N)c12.